The molecule has 4 nitrogen and oxygen atoms in total. The average molecular weight is 219 g/mol. The quantitative estimate of drug-likeness (QED) is 0.848. The number of nitrogens with two attached hydrogens (primary N) is 1. The van der Waals surface area contributed by atoms with Crippen LogP contribution in [0.25, 0.3) is 10.9 Å². The third-order valence-electron chi connectivity index (χ3n) is 2.76. The lowest BCUT2D eigenvalue weighted by molar-refractivity contribution is 0.101. The van der Waals surface area contributed by atoms with Crippen molar-refractivity contribution in [2.24, 2.45) is 5.73 Å². The SMILES string of the molecule is COC(C)Cn1nc(CN)c2ccccc21. The number of para-hydroxylation sites is 1. The summed E-state index contributed by atoms with van der Waals surface area (Å²) in [5.74, 6) is 0. The van der Waals surface area contributed by atoms with Crippen LogP contribution in [0.1, 0.15) is 12.6 Å². The van der Waals surface area contributed by atoms with E-state index in [0.717, 1.165) is 23.1 Å². The topological polar surface area (TPSA) is 53.1 Å². The molecule has 0 fully saturated rings. The summed E-state index contributed by atoms with van der Waals surface area (Å²) in [5.41, 5.74) is 7.75. The smallest absolute Gasteiger partial charge is 0.0839 e. The Balaban J connectivity index is 2.45. The molecular weight excluding hydrogens is 202 g/mol. The molecule has 0 bridgehead atoms. The van der Waals surface area contributed by atoms with Gasteiger partial charge in [-0.15, -0.1) is 0 Å². The van der Waals surface area contributed by atoms with Gasteiger partial charge < -0.3 is 10.5 Å². The largest absolute Gasteiger partial charge is 0.380 e. The van der Waals surface area contributed by atoms with Gasteiger partial charge in [-0.05, 0) is 13.0 Å². The monoisotopic (exact) mass is 219 g/mol. The Hall–Kier alpha value is -1.39. The zero-order valence-electron chi connectivity index (χ0n) is 9.68. The van der Waals surface area contributed by atoms with Crippen LogP contribution in [0.4, 0.5) is 0 Å². The maximum absolute atomic E-state index is 5.69. The second-order valence-electron chi connectivity index (χ2n) is 3.90. The molecule has 0 aliphatic carbocycles. The zero-order chi connectivity index (χ0) is 11.5. The highest BCUT2D eigenvalue weighted by molar-refractivity contribution is 5.81. The predicted octanol–water partition coefficient (Wildman–Crippen LogP) is 1.53. The van der Waals surface area contributed by atoms with Crippen molar-refractivity contribution in [2.75, 3.05) is 7.11 Å². The summed E-state index contributed by atoms with van der Waals surface area (Å²) < 4.78 is 7.22. The number of benzene rings is 1. The summed E-state index contributed by atoms with van der Waals surface area (Å²) in [7, 11) is 1.71. The maximum atomic E-state index is 5.69. The van der Waals surface area contributed by atoms with E-state index in [4.69, 9.17) is 10.5 Å². The van der Waals surface area contributed by atoms with Crippen molar-refractivity contribution in [3.63, 3.8) is 0 Å². The molecule has 2 rings (SSSR count). The molecule has 1 aromatic carbocycles. The zero-order valence-corrected chi connectivity index (χ0v) is 9.68. The van der Waals surface area contributed by atoms with Crippen LogP contribution in [-0.2, 0) is 17.8 Å². The molecule has 16 heavy (non-hydrogen) atoms. The van der Waals surface area contributed by atoms with E-state index in [1.54, 1.807) is 7.11 Å². The Bertz CT molecular complexity index is 478. The highest BCUT2D eigenvalue weighted by Gasteiger charge is 2.10. The molecule has 1 aromatic heterocycles. The van der Waals surface area contributed by atoms with Crippen LogP contribution in [0.15, 0.2) is 24.3 Å². The molecule has 0 saturated heterocycles. The number of rotatable bonds is 4. The van der Waals surface area contributed by atoms with Crippen molar-refractivity contribution in [1.29, 1.82) is 0 Å². The molecule has 0 spiro atoms. The fourth-order valence-electron chi connectivity index (χ4n) is 1.80. The Labute approximate surface area is 95.0 Å². The first-order chi connectivity index (χ1) is 7.76. The Morgan fingerprint density at radius 1 is 1.44 bits per heavy atom. The van der Waals surface area contributed by atoms with Gasteiger partial charge in [-0.25, -0.2) is 0 Å². The van der Waals surface area contributed by atoms with Gasteiger partial charge in [0.25, 0.3) is 0 Å². The van der Waals surface area contributed by atoms with Gasteiger partial charge in [0.1, 0.15) is 0 Å². The predicted molar refractivity (Wildman–Crippen MR) is 64.1 cm³/mol. The minimum atomic E-state index is 0.147. The first kappa shape index (κ1) is 11.1. The van der Waals surface area contributed by atoms with Crippen molar-refractivity contribution in [3.05, 3.63) is 30.0 Å². The second-order valence-corrected chi connectivity index (χ2v) is 3.90. The van der Waals surface area contributed by atoms with E-state index in [2.05, 4.69) is 17.2 Å². The molecule has 1 atom stereocenters. The Kier molecular flexibility index (Phi) is 3.22. The van der Waals surface area contributed by atoms with Crippen LogP contribution < -0.4 is 5.73 Å². The first-order valence-electron chi connectivity index (χ1n) is 5.43. The lowest BCUT2D eigenvalue weighted by atomic mass is 10.2. The van der Waals surface area contributed by atoms with Gasteiger partial charge in [0.15, 0.2) is 0 Å². The number of ether oxygens (including phenoxy) is 1. The number of fused-ring (bicyclic) bond motifs is 1. The molecule has 1 unspecified atom stereocenters. The molecular formula is C12H17N3O. The van der Waals surface area contributed by atoms with Gasteiger partial charge in [0.05, 0.1) is 23.9 Å². The van der Waals surface area contributed by atoms with Crippen LogP contribution in [0.2, 0.25) is 0 Å². The second kappa shape index (κ2) is 4.63. The van der Waals surface area contributed by atoms with Crippen LogP contribution in [0, 0.1) is 0 Å². The molecule has 2 N–H and O–H groups in total. The summed E-state index contributed by atoms with van der Waals surface area (Å²) in [4.78, 5) is 0. The highest BCUT2D eigenvalue weighted by Crippen LogP contribution is 2.18. The van der Waals surface area contributed by atoms with E-state index < -0.39 is 0 Å². The Morgan fingerprint density at radius 3 is 2.88 bits per heavy atom. The summed E-state index contributed by atoms with van der Waals surface area (Å²) in [6.45, 7) is 3.24. The summed E-state index contributed by atoms with van der Waals surface area (Å²) >= 11 is 0. The van der Waals surface area contributed by atoms with Crippen molar-refractivity contribution >= 4 is 10.9 Å². The number of aromatic nitrogens is 2. The fourth-order valence-corrected chi connectivity index (χ4v) is 1.80. The van der Waals surface area contributed by atoms with Gasteiger partial charge in [-0.1, -0.05) is 18.2 Å². The van der Waals surface area contributed by atoms with Crippen LogP contribution >= 0.6 is 0 Å². The van der Waals surface area contributed by atoms with E-state index in [1.165, 1.54) is 0 Å². The molecule has 0 radical (unpaired) electrons. The third-order valence-corrected chi connectivity index (χ3v) is 2.76. The van der Waals surface area contributed by atoms with Gasteiger partial charge >= 0.3 is 0 Å². The molecule has 2 aromatic rings. The molecule has 0 saturated carbocycles. The molecule has 4 heteroatoms. The van der Waals surface area contributed by atoms with E-state index in [9.17, 15) is 0 Å². The van der Waals surface area contributed by atoms with Gasteiger partial charge in [0, 0.05) is 19.0 Å². The van der Waals surface area contributed by atoms with Crippen LogP contribution in [0.5, 0.6) is 0 Å². The van der Waals surface area contributed by atoms with Crippen molar-refractivity contribution < 1.29 is 4.74 Å². The van der Waals surface area contributed by atoms with Crippen LogP contribution in [0.3, 0.4) is 0 Å². The molecule has 0 aliphatic rings. The van der Waals surface area contributed by atoms with Crippen molar-refractivity contribution in [3.8, 4) is 0 Å². The van der Waals surface area contributed by atoms with Crippen molar-refractivity contribution in [1.82, 2.24) is 9.78 Å². The molecule has 0 amide bonds. The summed E-state index contributed by atoms with van der Waals surface area (Å²) in [6, 6.07) is 8.13. The average Bonchev–Trinajstić information content (AvgIpc) is 2.68. The number of methoxy groups -OCH3 is 1. The van der Waals surface area contributed by atoms with Gasteiger partial charge in [-0.3, -0.25) is 4.68 Å². The third kappa shape index (κ3) is 1.94. The van der Waals surface area contributed by atoms with Crippen LogP contribution in [-0.4, -0.2) is 23.0 Å². The number of hydrogen-bond donors (Lipinski definition) is 1. The molecule has 0 aliphatic heterocycles. The van der Waals surface area contributed by atoms with E-state index >= 15 is 0 Å². The first-order valence-corrected chi connectivity index (χ1v) is 5.43. The lowest BCUT2D eigenvalue weighted by Gasteiger charge is -2.09. The summed E-state index contributed by atoms with van der Waals surface area (Å²) in [5, 5.41) is 5.64. The highest BCUT2D eigenvalue weighted by atomic mass is 16.5. The lowest BCUT2D eigenvalue weighted by Crippen LogP contribution is -2.15. The fraction of sp³-hybridized carbons (Fsp3) is 0.417. The maximum Gasteiger partial charge on any atom is 0.0839 e. The Morgan fingerprint density at radius 2 is 2.19 bits per heavy atom. The van der Waals surface area contributed by atoms with Gasteiger partial charge in [0.2, 0.25) is 0 Å². The number of hydrogen-bond acceptors (Lipinski definition) is 3. The van der Waals surface area contributed by atoms with Gasteiger partial charge in [-0.2, -0.15) is 5.10 Å². The minimum absolute atomic E-state index is 0.147. The minimum Gasteiger partial charge on any atom is -0.380 e. The molecule has 86 valence electrons. The van der Waals surface area contributed by atoms with E-state index in [-0.39, 0.29) is 6.10 Å². The summed E-state index contributed by atoms with van der Waals surface area (Å²) in [6.07, 6.45) is 0.147. The molecule has 1 heterocycles. The normalized spacial score (nSPS) is 13.2. The van der Waals surface area contributed by atoms with E-state index in [1.807, 2.05) is 23.7 Å². The number of nitrogens with zero attached hydrogens (tertiary/aromatic N) is 2. The van der Waals surface area contributed by atoms with E-state index in [0.29, 0.717) is 6.54 Å². The van der Waals surface area contributed by atoms with Crippen molar-refractivity contribution in [2.45, 2.75) is 26.1 Å². The standard InChI is InChI=1S/C12H17N3O/c1-9(16-2)8-15-12-6-4-3-5-10(12)11(7-13)14-15/h3-6,9H,7-8,13H2,1-2H3.